The zero-order chi connectivity index (χ0) is 42.0. The number of rotatable bonds is 14. The summed E-state index contributed by atoms with van der Waals surface area (Å²) in [5, 5.41) is 0. The van der Waals surface area contributed by atoms with E-state index in [1.807, 2.05) is 166 Å². The Labute approximate surface area is 355 Å². The second-order valence-electron chi connectivity index (χ2n) is 15.2. The number of Topliss-reactive ketones (excluding diaryl/α,β-unsaturated/α-hetero) is 2. The van der Waals surface area contributed by atoms with Crippen molar-refractivity contribution in [2.45, 2.75) is 57.4 Å². The Balaban J connectivity index is 1.14. The van der Waals surface area contributed by atoms with Crippen molar-refractivity contribution >= 4 is 11.6 Å². The Kier molecular flexibility index (Phi) is 10.3. The Hall–Kier alpha value is -7.32. The molecule has 304 valence electrons. The van der Waals surface area contributed by atoms with Crippen LogP contribution < -0.4 is 28.4 Å². The monoisotopic (exact) mass is 808 g/mol. The van der Waals surface area contributed by atoms with Gasteiger partial charge < -0.3 is 28.4 Å². The van der Waals surface area contributed by atoms with Gasteiger partial charge in [0.1, 0.15) is 6.61 Å². The minimum atomic E-state index is -1.43. The van der Waals surface area contributed by atoms with Crippen LogP contribution in [0.25, 0.3) is 0 Å². The molecule has 0 unspecified atom stereocenters. The van der Waals surface area contributed by atoms with Crippen LogP contribution >= 0.6 is 0 Å². The molecule has 0 radical (unpaired) electrons. The van der Waals surface area contributed by atoms with E-state index < -0.39 is 17.2 Å². The predicted octanol–water partition coefficient (Wildman–Crippen LogP) is 11.6. The van der Waals surface area contributed by atoms with Gasteiger partial charge in [0.2, 0.25) is 17.3 Å². The van der Waals surface area contributed by atoms with E-state index in [4.69, 9.17) is 28.4 Å². The highest BCUT2D eigenvalue weighted by Gasteiger charge is 2.50. The zero-order valence-electron chi connectivity index (χ0n) is 34.1. The molecule has 0 aromatic heterocycles. The molecule has 0 bridgehead atoms. The summed E-state index contributed by atoms with van der Waals surface area (Å²) in [6.45, 7) is 5.51. The van der Waals surface area contributed by atoms with Gasteiger partial charge in [-0.15, -0.1) is 0 Å². The Bertz CT molecular complexity index is 2600. The first-order chi connectivity index (χ1) is 29.8. The van der Waals surface area contributed by atoms with Crippen LogP contribution in [0.4, 0.5) is 0 Å². The van der Waals surface area contributed by atoms with Gasteiger partial charge in [-0.25, -0.2) is 0 Å². The lowest BCUT2D eigenvalue weighted by atomic mass is 9.87. The lowest BCUT2D eigenvalue weighted by Gasteiger charge is -2.32. The number of ether oxygens (including phenoxy) is 6. The number of hydrogen-bond donors (Lipinski definition) is 0. The quantitative estimate of drug-likeness (QED) is 0.100. The molecule has 61 heavy (non-hydrogen) atoms. The van der Waals surface area contributed by atoms with E-state index in [0.29, 0.717) is 34.1 Å². The summed E-state index contributed by atoms with van der Waals surface area (Å²) in [5.41, 5.74) is 3.17. The van der Waals surface area contributed by atoms with Crippen LogP contribution in [0.5, 0.6) is 34.5 Å². The summed E-state index contributed by atoms with van der Waals surface area (Å²) in [7, 11) is 0. The second-order valence-corrected chi connectivity index (χ2v) is 15.2. The van der Waals surface area contributed by atoms with Crippen molar-refractivity contribution < 1.29 is 38.0 Å². The molecule has 0 saturated heterocycles. The minimum Gasteiger partial charge on any atom is -0.485 e. The SMILES string of the molecule is CCC(CC)(Oc1cc(C(C)=O)cc2c1OC(c1ccccc1)(c1ccccc1)O2)C(=O)c1cc(OCc2ccccc2)c2c(c1)OC(c1ccccc1)(c1ccccc1)O2. The molecule has 2 aliphatic rings. The van der Waals surface area contributed by atoms with E-state index in [2.05, 4.69) is 0 Å². The van der Waals surface area contributed by atoms with Gasteiger partial charge in [0.15, 0.2) is 34.4 Å². The first-order valence-corrected chi connectivity index (χ1v) is 20.5. The molecule has 0 aliphatic carbocycles. The molecule has 7 aromatic rings. The number of benzene rings is 7. The van der Waals surface area contributed by atoms with E-state index in [0.717, 1.165) is 27.8 Å². The molecule has 0 spiro atoms. The molecule has 8 heteroatoms. The molecular weight excluding hydrogens is 765 g/mol. The van der Waals surface area contributed by atoms with Crippen LogP contribution in [0, 0.1) is 0 Å². The second kappa shape index (κ2) is 16.0. The standard InChI is InChI=1S/C53H44O8/c1-4-51(5-2,57-45-31-38(36(3)54)32-46-49(45)61-53(58-46,42-27-17-9-18-28-42)43-29-19-10-20-30-43)50(55)39-33-44(56-35-37-21-11-6-12-22-37)48-47(34-39)59-52(60-48,40-23-13-7-14-24-40)41-25-15-8-16-26-41/h6-34H,4-5,35H2,1-3H3. The molecule has 2 aliphatic heterocycles. The van der Waals surface area contributed by atoms with E-state index in [1.165, 1.54) is 6.92 Å². The maximum absolute atomic E-state index is 15.3. The van der Waals surface area contributed by atoms with Crippen LogP contribution in [0.3, 0.4) is 0 Å². The van der Waals surface area contributed by atoms with Crippen molar-refractivity contribution in [3.8, 4) is 34.5 Å². The van der Waals surface area contributed by atoms with E-state index >= 15 is 4.79 Å². The van der Waals surface area contributed by atoms with Gasteiger partial charge in [-0.3, -0.25) is 9.59 Å². The number of carbonyl (C=O) groups excluding carboxylic acids is 2. The van der Waals surface area contributed by atoms with Crippen molar-refractivity contribution in [3.05, 3.63) is 215 Å². The lowest BCUT2D eigenvalue weighted by molar-refractivity contribution is -0.0480. The first-order valence-electron chi connectivity index (χ1n) is 20.5. The van der Waals surface area contributed by atoms with Crippen molar-refractivity contribution in [2.75, 3.05) is 0 Å². The third-order valence-corrected chi connectivity index (χ3v) is 11.4. The summed E-state index contributed by atoms with van der Waals surface area (Å²) in [6.07, 6.45) is 0.550. The Morgan fingerprint density at radius 2 is 0.902 bits per heavy atom. The average Bonchev–Trinajstić information content (AvgIpc) is 3.93. The molecular formula is C53H44O8. The molecule has 0 amide bonds. The minimum absolute atomic E-state index is 0.200. The summed E-state index contributed by atoms with van der Waals surface area (Å²) < 4.78 is 40.9. The third-order valence-electron chi connectivity index (χ3n) is 11.4. The van der Waals surface area contributed by atoms with Crippen LogP contribution in [-0.4, -0.2) is 17.2 Å². The molecule has 9 rings (SSSR count). The van der Waals surface area contributed by atoms with E-state index in [9.17, 15) is 4.79 Å². The van der Waals surface area contributed by atoms with Crippen molar-refractivity contribution in [1.82, 2.24) is 0 Å². The zero-order valence-corrected chi connectivity index (χ0v) is 34.1. The van der Waals surface area contributed by atoms with Gasteiger partial charge >= 0.3 is 11.6 Å². The number of fused-ring (bicyclic) bond motifs is 2. The summed E-state index contributed by atoms with van der Waals surface area (Å²) in [4.78, 5) is 28.4. The van der Waals surface area contributed by atoms with Crippen LogP contribution in [-0.2, 0) is 18.2 Å². The molecule has 0 N–H and O–H groups in total. The van der Waals surface area contributed by atoms with Gasteiger partial charge in [0, 0.05) is 33.4 Å². The molecule has 0 saturated carbocycles. The molecule has 0 atom stereocenters. The fraction of sp³-hybridized carbons (Fsp3) is 0.170. The Morgan fingerprint density at radius 3 is 1.33 bits per heavy atom. The van der Waals surface area contributed by atoms with Gasteiger partial charge in [-0.2, -0.15) is 0 Å². The van der Waals surface area contributed by atoms with Crippen molar-refractivity contribution in [1.29, 1.82) is 0 Å². The smallest absolute Gasteiger partial charge is 0.305 e. The summed E-state index contributed by atoms with van der Waals surface area (Å²) in [5.74, 6) is -1.41. The highest BCUT2D eigenvalue weighted by Crippen LogP contribution is 2.55. The van der Waals surface area contributed by atoms with E-state index in [1.54, 1.807) is 24.3 Å². The third kappa shape index (κ3) is 7.04. The van der Waals surface area contributed by atoms with Crippen LogP contribution in [0.2, 0.25) is 0 Å². The maximum Gasteiger partial charge on any atom is 0.305 e. The highest BCUT2D eigenvalue weighted by atomic mass is 16.7. The largest absolute Gasteiger partial charge is 0.485 e. The van der Waals surface area contributed by atoms with Gasteiger partial charge in [0.25, 0.3) is 0 Å². The van der Waals surface area contributed by atoms with Gasteiger partial charge in [-0.05, 0) is 49.6 Å². The highest BCUT2D eigenvalue weighted by molar-refractivity contribution is 6.04. The normalized spacial score (nSPS) is 14.3. The van der Waals surface area contributed by atoms with E-state index in [-0.39, 0.29) is 42.5 Å². The maximum atomic E-state index is 15.3. The predicted molar refractivity (Wildman–Crippen MR) is 232 cm³/mol. The number of ketones is 2. The number of hydrogen-bond acceptors (Lipinski definition) is 8. The van der Waals surface area contributed by atoms with Crippen LogP contribution in [0.1, 0.15) is 82.1 Å². The first kappa shape index (κ1) is 39.2. The topological polar surface area (TPSA) is 89.5 Å². The molecule has 8 nitrogen and oxygen atoms in total. The van der Waals surface area contributed by atoms with Crippen molar-refractivity contribution in [3.63, 3.8) is 0 Å². The fourth-order valence-corrected chi connectivity index (χ4v) is 8.07. The van der Waals surface area contributed by atoms with Gasteiger partial charge in [0.05, 0.1) is 0 Å². The Morgan fingerprint density at radius 1 is 0.508 bits per heavy atom. The molecule has 2 heterocycles. The summed E-state index contributed by atoms with van der Waals surface area (Å²) >= 11 is 0. The van der Waals surface area contributed by atoms with Crippen LogP contribution in [0.15, 0.2) is 176 Å². The summed E-state index contributed by atoms with van der Waals surface area (Å²) in [6, 6.07) is 55.1. The lowest BCUT2D eigenvalue weighted by Crippen LogP contribution is -2.44. The fourth-order valence-electron chi connectivity index (χ4n) is 8.07. The van der Waals surface area contributed by atoms with Gasteiger partial charge in [-0.1, -0.05) is 166 Å². The molecule has 0 fully saturated rings. The number of carbonyl (C=O) groups is 2. The average molecular weight is 809 g/mol. The van der Waals surface area contributed by atoms with Crippen molar-refractivity contribution in [2.24, 2.45) is 0 Å². The molecule has 7 aromatic carbocycles.